The zero-order valence-corrected chi connectivity index (χ0v) is 21.6. The molecule has 0 aliphatic carbocycles. The van der Waals surface area contributed by atoms with Gasteiger partial charge in [-0.25, -0.2) is 4.98 Å². The molecule has 3 atom stereocenters. The number of likely N-dealkylation sites (tertiary alicyclic amines) is 1. The molecule has 2 aliphatic heterocycles. The van der Waals surface area contributed by atoms with Crippen LogP contribution in [-0.4, -0.2) is 77.3 Å². The van der Waals surface area contributed by atoms with Gasteiger partial charge in [-0.1, -0.05) is 12.1 Å². The zero-order valence-electron chi connectivity index (χ0n) is 21.6. The first-order valence-electron chi connectivity index (χ1n) is 12.9. The Bertz CT molecular complexity index is 1530. The summed E-state index contributed by atoms with van der Waals surface area (Å²) in [6.45, 7) is -0.0490. The Balaban J connectivity index is 1.45. The molecule has 1 saturated heterocycles. The van der Waals surface area contributed by atoms with Gasteiger partial charge in [-0.3, -0.25) is 14.4 Å². The average Bonchev–Trinajstić information content (AvgIpc) is 3.62. The Morgan fingerprint density at radius 3 is 2.61 bits per heavy atom. The number of nitrogens with zero attached hydrogens (tertiary/aromatic N) is 6. The maximum absolute atomic E-state index is 13.7. The number of rotatable bonds is 6. The number of aliphatic hydroxyl groups excluding tert-OH is 1. The van der Waals surface area contributed by atoms with Crippen LogP contribution in [0.5, 0.6) is 0 Å². The number of β-amino-alcohol motifs (C(OH)–C–C–N with tert-alkyl or cyclic N) is 1. The van der Waals surface area contributed by atoms with Gasteiger partial charge in [0.05, 0.1) is 41.7 Å². The summed E-state index contributed by atoms with van der Waals surface area (Å²) >= 11 is 0. The van der Waals surface area contributed by atoms with Gasteiger partial charge in [0.25, 0.3) is 11.5 Å². The quantitative estimate of drug-likeness (QED) is 0.378. The molecule has 0 spiro atoms. The summed E-state index contributed by atoms with van der Waals surface area (Å²) in [5.41, 5.74) is -0.475. The number of nitrogens with one attached hydrogen (secondary N) is 2. The van der Waals surface area contributed by atoms with Gasteiger partial charge in [0.1, 0.15) is 11.9 Å². The van der Waals surface area contributed by atoms with Gasteiger partial charge in [0, 0.05) is 37.4 Å². The van der Waals surface area contributed by atoms with Crippen LogP contribution in [0, 0.1) is 11.3 Å². The molecule has 2 amide bonds. The van der Waals surface area contributed by atoms with E-state index >= 15 is 0 Å². The number of aromatic nitrogens is 5. The Hall–Kier alpha value is -4.58. The normalized spacial score (nSPS) is 20.5. The Morgan fingerprint density at radius 1 is 1.20 bits per heavy atom. The predicted molar refractivity (Wildman–Crippen MR) is 135 cm³/mol. The van der Waals surface area contributed by atoms with Crippen molar-refractivity contribution in [2.45, 2.75) is 56.5 Å². The fraction of sp³-hybridized carbons (Fsp3) is 0.423. The number of fused-ring (bicyclic) bond motifs is 1. The van der Waals surface area contributed by atoms with Crippen molar-refractivity contribution < 1.29 is 27.9 Å². The zero-order chi connectivity index (χ0) is 29.3. The molecule has 0 bridgehead atoms. The minimum absolute atomic E-state index is 0.00630. The van der Waals surface area contributed by atoms with E-state index in [0.29, 0.717) is 18.5 Å². The molecule has 214 valence electrons. The third-order valence-electron chi connectivity index (χ3n) is 7.32. The Labute approximate surface area is 230 Å². The van der Waals surface area contributed by atoms with Crippen molar-refractivity contribution in [3.8, 4) is 17.5 Å². The number of hydrogen-bond acceptors (Lipinski definition) is 8. The molecule has 3 aromatic rings. The van der Waals surface area contributed by atoms with E-state index in [1.54, 1.807) is 0 Å². The summed E-state index contributed by atoms with van der Waals surface area (Å²) in [6.07, 6.45) is -3.10. The molecule has 0 radical (unpaired) electrons. The molecule has 15 heteroatoms. The van der Waals surface area contributed by atoms with E-state index < -0.39 is 47.2 Å². The smallest absolute Gasteiger partial charge is 0.391 e. The molecule has 2 aliphatic rings. The first kappa shape index (κ1) is 28.0. The highest BCUT2D eigenvalue weighted by Crippen LogP contribution is 2.34. The van der Waals surface area contributed by atoms with Crippen molar-refractivity contribution in [3.05, 3.63) is 63.3 Å². The van der Waals surface area contributed by atoms with Gasteiger partial charge < -0.3 is 19.9 Å². The Morgan fingerprint density at radius 2 is 1.95 bits per heavy atom. The fourth-order valence-corrected chi connectivity index (χ4v) is 5.33. The van der Waals surface area contributed by atoms with Crippen LogP contribution in [0.1, 0.15) is 58.9 Å². The van der Waals surface area contributed by atoms with E-state index in [4.69, 9.17) is 5.26 Å². The van der Waals surface area contributed by atoms with E-state index in [-0.39, 0.29) is 55.1 Å². The van der Waals surface area contributed by atoms with Crippen LogP contribution in [0.3, 0.4) is 0 Å². The van der Waals surface area contributed by atoms with Gasteiger partial charge in [-0.2, -0.15) is 33.8 Å². The van der Waals surface area contributed by atoms with E-state index in [1.807, 2.05) is 0 Å². The minimum atomic E-state index is -4.51. The number of carbonyl (C=O) groups is 2. The van der Waals surface area contributed by atoms with Crippen LogP contribution in [0.15, 0.2) is 35.3 Å². The summed E-state index contributed by atoms with van der Waals surface area (Å²) in [6, 6.07) is 5.33. The highest BCUT2D eigenvalue weighted by Gasteiger charge is 2.43. The van der Waals surface area contributed by atoms with Crippen molar-refractivity contribution in [1.29, 1.82) is 5.26 Å². The molecule has 1 aromatic carbocycles. The number of nitriles is 1. The molecule has 1 unspecified atom stereocenters. The number of halogens is 3. The summed E-state index contributed by atoms with van der Waals surface area (Å²) in [5.74, 6) is -1.38. The average molecular weight is 571 g/mol. The van der Waals surface area contributed by atoms with Gasteiger partial charge in [0.15, 0.2) is 5.69 Å². The van der Waals surface area contributed by atoms with Crippen molar-refractivity contribution >= 4 is 11.8 Å². The number of alkyl halides is 3. The summed E-state index contributed by atoms with van der Waals surface area (Å²) in [7, 11) is 0. The van der Waals surface area contributed by atoms with Crippen molar-refractivity contribution in [1.82, 2.24) is 35.2 Å². The van der Waals surface area contributed by atoms with E-state index in [0.717, 1.165) is 12.1 Å². The SMILES string of the molecule is N#CCCCC1CN(C(=O)[C@@H]2C[C@@H](O)CN2C(=O)c2cn[nH]n2)Cc2c1nc(-c1ccc(C(F)(F)F)cc1)[nH]c2=O. The lowest BCUT2D eigenvalue weighted by atomic mass is 9.90. The van der Waals surface area contributed by atoms with Crippen molar-refractivity contribution in [2.75, 3.05) is 13.1 Å². The molecule has 0 saturated carbocycles. The largest absolute Gasteiger partial charge is 0.416 e. The van der Waals surface area contributed by atoms with Crippen LogP contribution in [-0.2, 0) is 17.5 Å². The second kappa shape index (κ2) is 11.1. The lowest BCUT2D eigenvalue weighted by Gasteiger charge is -2.36. The second-order valence-corrected chi connectivity index (χ2v) is 10.0. The summed E-state index contributed by atoms with van der Waals surface area (Å²) in [5, 5.41) is 29.1. The number of hydrogen-bond donors (Lipinski definition) is 3. The third kappa shape index (κ3) is 5.68. The number of aromatic amines is 2. The monoisotopic (exact) mass is 570 g/mol. The van der Waals surface area contributed by atoms with Crippen LogP contribution in [0.2, 0.25) is 0 Å². The van der Waals surface area contributed by atoms with Crippen LogP contribution >= 0.6 is 0 Å². The van der Waals surface area contributed by atoms with E-state index in [2.05, 4.69) is 31.4 Å². The number of amides is 2. The van der Waals surface area contributed by atoms with Gasteiger partial charge in [0.2, 0.25) is 5.91 Å². The molecule has 3 N–H and O–H groups in total. The van der Waals surface area contributed by atoms with Crippen LogP contribution < -0.4 is 5.56 Å². The Kier molecular flexibility index (Phi) is 7.59. The molecular formula is C26H25F3N8O4. The van der Waals surface area contributed by atoms with Gasteiger partial charge >= 0.3 is 6.18 Å². The van der Waals surface area contributed by atoms with E-state index in [9.17, 15) is 32.7 Å². The molecule has 1 fully saturated rings. The molecule has 2 aromatic heterocycles. The second-order valence-electron chi connectivity index (χ2n) is 10.0. The van der Waals surface area contributed by atoms with Gasteiger partial charge in [-0.05, 0) is 25.0 Å². The number of unbranched alkanes of at least 4 members (excludes halogenated alkanes) is 1. The van der Waals surface area contributed by atoms with Crippen LogP contribution in [0.4, 0.5) is 13.2 Å². The highest BCUT2D eigenvalue weighted by molar-refractivity contribution is 5.96. The molecular weight excluding hydrogens is 545 g/mol. The number of H-pyrrole nitrogens is 2. The first-order valence-corrected chi connectivity index (χ1v) is 12.9. The third-order valence-corrected chi connectivity index (χ3v) is 7.32. The van der Waals surface area contributed by atoms with Gasteiger partial charge in [-0.15, -0.1) is 0 Å². The van der Waals surface area contributed by atoms with E-state index in [1.165, 1.54) is 28.1 Å². The molecule has 4 heterocycles. The summed E-state index contributed by atoms with van der Waals surface area (Å²) < 4.78 is 39.0. The summed E-state index contributed by atoms with van der Waals surface area (Å²) in [4.78, 5) is 49.8. The predicted octanol–water partition coefficient (Wildman–Crippen LogP) is 1.97. The number of benzene rings is 1. The minimum Gasteiger partial charge on any atom is -0.391 e. The number of carbonyl (C=O) groups excluding carboxylic acids is 2. The van der Waals surface area contributed by atoms with Crippen molar-refractivity contribution in [2.24, 2.45) is 0 Å². The topological polar surface area (TPSA) is 172 Å². The van der Waals surface area contributed by atoms with Crippen molar-refractivity contribution in [3.63, 3.8) is 0 Å². The highest BCUT2D eigenvalue weighted by atomic mass is 19.4. The maximum atomic E-state index is 13.7. The number of aliphatic hydroxyl groups is 1. The van der Waals surface area contributed by atoms with Crippen LogP contribution in [0.25, 0.3) is 11.4 Å². The lowest BCUT2D eigenvalue weighted by Crippen LogP contribution is -2.50. The first-order chi connectivity index (χ1) is 19.6. The lowest BCUT2D eigenvalue weighted by molar-refractivity contribution is -0.138. The molecule has 5 rings (SSSR count). The standard InChI is InChI=1S/C26H25F3N8O4/c27-26(28,29)16-6-4-14(5-7-16)22-32-21-15(3-1-2-8-30)11-36(13-18(21)23(39)33-22)25(41)20-9-17(38)12-37(20)24(40)19-10-31-35-34-19/h4-7,10,15,17,20,38H,1-3,9,11-13H2,(H,31,34,35)(H,32,33,39)/t15?,17-,20+/m1/s1. The fourth-order valence-electron chi connectivity index (χ4n) is 5.33. The maximum Gasteiger partial charge on any atom is 0.416 e. The molecule has 12 nitrogen and oxygen atoms in total. The molecule has 41 heavy (non-hydrogen) atoms.